The Hall–Kier alpha value is -1.84. The average Bonchev–Trinajstić information content (AvgIpc) is 3.02. The van der Waals surface area contributed by atoms with Crippen molar-refractivity contribution >= 4 is 29.9 Å². The number of para-hydroxylation sites is 1. The first kappa shape index (κ1) is 18.9. The maximum absolute atomic E-state index is 11.8. The number of hydrogen-bond donors (Lipinski definition) is 1. The lowest BCUT2D eigenvalue weighted by atomic mass is 10.2. The minimum Gasteiger partial charge on any atom is -0.493 e. The number of aromatic nitrogens is 2. The Labute approximate surface area is 161 Å². The highest BCUT2D eigenvalue weighted by Gasteiger charge is 2.30. The second-order valence-corrected chi connectivity index (χ2v) is 7.51. The van der Waals surface area contributed by atoms with Gasteiger partial charge in [-0.05, 0) is 31.3 Å². The molecule has 1 saturated heterocycles. The molecule has 1 fully saturated rings. The summed E-state index contributed by atoms with van der Waals surface area (Å²) in [4.78, 5) is 13.3. The van der Waals surface area contributed by atoms with Crippen LogP contribution in [-0.2, 0) is 16.2 Å². The fourth-order valence-electron chi connectivity index (χ4n) is 2.85. The van der Waals surface area contributed by atoms with E-state index in [0.29, 0.717) is 36.3 Å². The molecule has 0 spiro atoms. The van der Waals surface area contributed by atoms with Crippen molar-refractivity contribution in [2.75, 3.05) is 32.6 Å². The summed E-state index contributed by atoms with van der Waals surface area (Å²) in [7, 11) is 1.42. The molecule has 26 heavy (non-hydrogen) atoms. The normalized spacial score (nSPS) is 19.9. The molecule has 1 aromatic carbocycles. The van der Waals surface area contributed by atoms with E-state index in [1.807, 2.05) is 31.2 Å². The van der Waals surface area contributed by atoms with Crippen molar-refractivity contribution < 1.29 is 23.6 Å². The molecular weight excluding hydrogens is 374 g/mol. The van der Waals surface area contributed by atoms with Gasteiger partial charge in [0.1, 0.15) is 12.3 Å². The highest BCUT2D eigenvalue weighted by Crippen LogP contribution is 2.28. The SMILES string of the molecule is CCOc1ccccc1-c1nn(C[NH+]2CCS[C@H](C(=O)OC)C2)c(=S)o1. The van der Waals surface area contributed by atoms with Gasteiger partial charge in [0, 0.05) is 5.75 Å². The largest absolute Gasteiger partial charge is 0.493 e. The number of methoxy groups -OCH3 is 1. The van der Waals surface area contributed by atoms with E-state index in [1.54, 1.807) is 16.4 Å². The average molecular weight is 397 g/mol. The molecule has 0 amide bonds. The molecule has 7 nitrogen and oxygen atoms in total. The molecule has 2 heterocycles. The van der Waals surface area contributed by atoms with Crippen molar-refractivity contribution in [2.24, 2.45) is 0 Å². The van der Waals surface area contributed by atoms with Crippen LogP contribution in [0.1, 0.15) is 6.92 Å². The van der Waals surface area contributed by atoms with E-state index in [9.17, 15) is 4.79 Å². The smallest absolute Gasteiger partial charge is 0.324 e. The number of benzene rings is 1. The summed E-state index contributed by atoms with van der Waals surface area (Å²) in [6.45, 7) is 4.64. The van der Waals surface area contributed by atoms with Crippen molar-refractivity contribution in [3.63, 3.8) is 0 Å². The van der Waals surface area contributed by atoms with Crippen molar-refractivity contribution in [3.8, 4) is 17.2 Å². The fourth-order valence-corrected chi connectivity index (χ4v) is 4.31. The number of rotatable bonds is 6. The van der Waals surface area contributed by atoms with E-state index in [0.717, 1.165) is 17.9 Å². The van der Waals surface area contributed by atoms with Crippen molar-refractivity contribution in [1.29, 1.82) is 0 Å². The van der Waals surface area contributed by atoms with E-state index in [1.165, 1.54) is 12.0 Å². The number of carbonyl (C=O) groups is 1. The van der Waals surface area contributed by atoms with Crippen LogP contribution in [0.25, 0.3) is 11.5 Å². The Morgan fingerprint density at radius 1 is 1.50 bits per heavy atom. The molecule has 1 N–H and O–H groups in total. The third-order valence-corrected chi connectivity index (χ3v) is 5.61. The molecule has 1 aliphatic rings. The molecular formula is C17H22N3O4S2+. The maximum Gasteiger partial charge on any atom is 0.324 e. The highest BCUT2D eigenvalue weighted by molar-refractivity contribution is 8.00. The second kappa shape index (κ2) is 8.70. The van der Waals surface area contributed by atoms with Gasteiger partial charge < -0.3 is 18.8 Å². The number of thioether (sulfide) groups is 1. The zero-order valence-electron chi connectivity index (χ0n) is 14.8. The quantitative estimate of drug-likeness (QED) is 0.585. The Balaban J connectivity index is 1.77. The fraction of sp³-hybridized carbons (Fsp3) is 0.471. The van der Waals surface area contributed by atoms with E-state index in [2.05, 4.69) is 5.10 Å². The molecule has 9 heteroatoms. The first-order chi connectivity index (χ1) is 12.6. The topological polar surface area (TPSA) is 70.9 Å². The zero-order valence-corrected chi connectivity index (χ0v) is 16.4. The van der Waals surface area contributed by atoms with Crippen LogP contribution in [0.5, 0.6) is 5.75 Å². The standard InChI is InChI=1S/C17H21N3O4S2/c1-3-23-13-7-5-4-6-12(13)15-18-20(17(25)24-15)11-19-8-9-26-14(10-19)16(21)22-2/h4-7,14H,3,8-11H2,1-2H3/p+1/t14-/m0/s1. The van der Waals surface area contributed by atoms with Gasteiger partial charge in [-0.25, -0.2) is 0 Å². The number of esters is 1. The Bertz CT molecular complexity index is 820. The van der Waals surface area contributed by atoms with Gasteiger partial charge in [0.2, 0.25) is 0 Å². The molecule has 0 radical (unpaired) electrons. The van der Waals surface area contributed by atoms with Crippen LogP contribution in [0.2, 0.25) is 0 Å². The molecule has 0 saturated carbocycles. The Kier molecular flexibility index (Phi) is 6.33. The van der Waals surface area contributed by atoms with Gasteiger partial charge in [-0.15, -0.1) is 16.9 Å². The van der Waals surface area contributed by atoms with Crippen molar-refractivity contribution in [2.45, 2.75) is 18.8 Å². The van der Waals surface area contributed by atoms with Gasteiger partial charge in [-0.1, -0.05) is 12.1 Å². The Morgan fingerprint density at radius 3 is 3.08 bits per heavy atom. The molecule has 2 atom stereocenters. The van der Waals surface area contributed by atoms with Gasteiger partial charge in [0.15, 0.2) is 11.9 Å². The van der Waals surface area contributed by atoms with E-state index in [4.69, 9.17) is 26.1 Å². The van der Waals surface area contributed by atoms with Gasteiger partial charge in [-0.3, -0.25) is 4.79 Å². The summed E-state index contributed by atoms with van der Waals surface area (Å²) in [6.07, 6.45) is 0. The molecule has 3 rings (SSSR count). The lowest BCUT2D eigenvalue weighted by molar-refractivity contribution is -0.921. The molecule has 140 valence electrons. The summed E-state index contributed by atoms with van der Waals surface area (Å²) in [5.74, 6) is 1.86. The first-order valence-electron chi connectivity index (χ1n) is 8.45. The van der Waals surface area contributed by atoms with Crippen LogP contribution >= 0.6 is 24.0 Å². The summed E-state index contributed by atoms with van der Waals surface area (Å²) in [5, 5.41) is 4.38. The van der Waals surface area contributed by atoms with Crippen LogP contribution in [-0.4, -0.2) is 53.6 Å². The van der Waals surface area contributed by atoms with Crippen LogP contribution in [0.3, 0.4) is 0 Å². The summed E-state index contributed by atoms with van der Waals surface area (Å²) in [6, 6.07) is 7.59. The number of ether oxygens (including phenoxy) is 2. The molecule has 1 aromatic heterocycles. The minimum atomic E-state index is -0.178. The molecule has 1 aliphatic heterocycles. The zero-order chi connectivity index (χ0) is 18.5. The first-order valence-corrected chi connectivity index (χ1v) is 9.91. The lowest BCUT2D eigenvalue weighted by Gasteiger charge is -2.27. The van der Waals surface area contributed by atoms with Crippen LogP contribution in [0, 0.1) is 4.84 Å². The maximum atomic E-state index is 11.8. The second-order valence-electron chi connectivity index (χ2n) is 5.85. The number of nitrogens with one attached hydrogen (secondary N) is 1. The molecule has 0 aliphatic carbocycles. The van der Waals surface area contributed by atoms with Crippen molar-refractivity contribution in [3.05, 3.63) is 29.1 Å². The third kappa shape index (κ3) is 4.28. The van der Waals surface area contributed by atoms with E-state index in [-0.39, 0.29) is 11.2 Å². The van der Waals surface area contributed by atoms with Crippen LogP contribution < -0.4 is 9.64 Å². The molecule has 1 unspecified atom stereocenters. The minimum absolute atomic E-state index is 0.150. The predicted octanol–water partition coefficient (Wildman–Crippen LogP) is 1.40. The van der Waals surface area contributed by atoms with Gasteiger partial charge in [-0.2, -0.15) is 4.68 Å². The summed E-state index contributed by atoms with van der Waals surface area (Å²) < 4.78 is 17.9. The summed E-state index contributed by atoms with van der Waals surface area (Å²) in [5.41, 5.74) is 0.774. The predicted molar refractivity (Wildman–Crippen MR) is 101 cm³/mol. The van der Waals surface area contributed by atoms with Gasteiger partial charge >= 0.3 is 5.97 Å². The Morgan fingerprint density at radius 2 is 2.31 bits per heavy atom. The van der Waals surface area contributed by atoms with Gasteiger partial charge in [0.25, 0.3) is 10.7 Å². The monoisotopic (exact) mass is 396 g/mol. The number of hydrogen-bond acceptors (Lipinski definition) is 7. The van der Waals surface area contributed by atoms with Gasteiger partial charge in [0.05, 0.1) is 25.8 Å². The number of quaternary nitrogens is 1. The van der Waals surface area contributed by atoms with Crippen molar-refractivity contribution in [1.82, 2.24) is 9.78 Å². The van der Waals surface area contributed by atoms with E-state index >= 15 is 0 Å². The van der Waals surface area contributed by atoms with Crippen LogP contribution in [0.15, 0.2) is 28.7 Å². The number of nitrogens with zero attached hydrogens (tertiary/aromatic N) is 2. The van der Waals surface area contributed by atoms with E-state index < -0.39 is 0 Å². The molecule has 2 aromatic rings. The van der Waals surface area contributed by atoms with Crippen LogP contribution in [0.4, 0.5) is 0 Å². The highest BCUT2D eigenvalue weighted by atomic mass is 32.2. The molecule has 0 bridgehead atoms. The summed E-state index contributed by atoms with van der Waals surface area (Å²) >= 11 is 6.97. The lowest BCUT2D eigenvalue weighted by Crippen LogP contribution is -3.14. The number of carbonyl (C=O) groups excluding carboxylic acids is 1. The third-order valence-electron chi connectivity index (χ3n) is 4.11.